The highest BCUT2D eigenvalue weighted by Crippen LogP contribution is 2.38. The quantitative estimate of drug-likeness (QED) is 0.776. The van der Waals surface area contributed by atoms with Gasteiger partial charge in [-0.25, -0.2) is 0 Å². The Bertz CT molecular complexity index is 412. The molecule has 1 saturated heterocycles. The molecule has 17 heavy (non-hydrogen) atoms. The summed E-state index contributed by atoms with van der Waals surface area (Å²) in [5.41, 5.74) is 8.79. The Morgan fingerprint density at radius 3 is 2.88 bits per heavy atom. The first-order chi connectivity index (χ1) is 8.16. The molecular weight excluding hydrogens is 212 g/mol. The van der Waals surface area contributed by atoms with Crippen LogP contribution in [0.3, 0.4) is 0 Å². The molecule has 1 aliphatic carbocycles. The summed E-state index contributed by atoms with van der Waals surface area (Å²) in [5.74, 6) is 2.54. The van der Waals surface area contributed by atoms with Gasteiger partial charge in [-0.05, 0) is 25.2 Å². The molecule has 4 nitrogen and oxygen atoms in total. The average Bonchev–Trinajstić information content (AvgIpc) is 2.89. The van der Waals surface area contributed by atoms with Gasteiger partial charge in [0.15, 0.2) is 5.82 Å². The zero-order valence-electron chi connectivity index (χ0n) is 10.7. The van der Waals surface area contributed by atoms with Crippen molar-refractivity contribution in [1.82, 2.24) is 10.2 Å². The van der Waals surface area contributed by atoms with E-state index in [0.717, 1.165) is 25.4 Å². The van der Waals surface area contributed by atoms with E-state index in [-0.39, 0.29) is 0 Å². The highest BCUT2D eigenvalue weighted by Gasteiger charge is 2.31. The predicted octanol–water partition coefficient (Wildman–Crippen LogP) is 1.63. The van der Waals surface area contributed by atoms with Crippen molar-refractivity contribution in [3.05, 3.63) is 11.3 Å². The minimum Gasteiger partial charge on any atom is -0.353 e. The molecule has 2 aliphatic rings. The van der Waals surface area contributed by atoms with Gasteiger partial charge in [0.2, 0.25) is 0 Å². The third-order valence-electron chi connectivity index (χ3n) is 4.56. The first kappa shape index (κ1) is 11.1. The number of nitrogens with two attached hydrogens (primary N) is 1. The number of fused-ring (bicyclic) bond motifs is 1. The summed E-state index contributed by atoms with van der Waals surface area (Å²) in [6.07, 6.45) is 3.53. The van der Waals surface area contributed by atoms with Crippen molar-refractivity contribution >= 4 is 5.82 Å². The van der Waals surface area contributed by atoms with Crippen molar-refractivity contribution in [2.24, 2.45) is 11.7 Å². The Morgan fingerprint density at radius 2 is 2.18 bits per heavy atom. The number of nitrogens with zero attached hydrogens (tertiary/aromatic N) is 2. The number of anilines is 1. The third kappa shape index (κ3) is 1.75. The number of hydrogen-bond donors (Lipinski definition) is 2. The fourth-order valence-electron chi connectivity index (χ4n) is 3.14. The van der Waals surface area contributed by atoms with Gasteiger partial charge in [-0.1, -0.05) is 13.8 Å². The number of rotatable bonds is 1. The molecular formula is C13H22N4. The summed E-state index contributed by atoms with van der Waals surface area (Å²) in [4.78, 5) is 2.35. The molecule has 0 bridgehead atoms. The fraction of sp³-hybridized carbons (Fsp3) is 0.769. The molecule has 3 atom stereocenters. The minimum atomic E-state index is 0.322. The van der Waals surface area contributed by atoms with E-state index in [1.54, 1.807) is 0 Å². The SMILES string of the molecule is CC1CCc2c(N3CCC(N)C3)n[nH]c2C1C. The molecule has 94 valence electrons. The maximum atomic E-state index is 5.98. The average molecular weight is 234 g/mol. The van der Waals surface area contributed by atoms with Gasteiger partial charge in [0.25, 0.3) is 0 Å². The summed E-state index contributed by atoms with van der Waals surface area (Å²) < 4.78 is 0. The predicted molar refractivity (Wildman–Crippen MR) is 69.3 cm³/mol. The van der Waals surface area contributed by atoms with Crippen molar-refractivity contribution in [1.29, 1.82) is 0 Å². The summed E-state index contributed by atoms with van der Waals surface area (Å²) in [6.45, 7) is 6.66. The second kappa shape index (κ2) is 4.02. The van der Waals surface area contributed by atoms with Crippen LogP contribution in [0.25, 0.3) is 0 Å². The van der Waals surface area contributed by atoms with E-state index < -0.39 is 0 Å². The molecule has 2 heterocycles. The molecule has 1 fully saturated rings. The van der Waals surface area contributed by atoms with Gasteiger partial charge in [-0.2, -0.15) is 5.10 Å². The molecule has 0 saturated carbocycles. The lowest BCUT2D eigenvalue weighted by Crippen LogP contribution is -2.27. The van der Waals surface area contributed by atoms with Crippen LogP contribution in [0, 0.1) is 5.92 Å². The summed E-state index contributed by atoms with van der Waals surface area (Å²) in [7, 11) is 0. The molecule has 1 aromatic heterocycles. The van der Waals surface area contributed by atoms with Crippen molar-refractivity contribution in [2.45, 2.75) is 45.1 Å². The van der Waals surface area contributed by atoms with Crippen molar-refractivity contribution in [3.63, 3.8) is 0 Å². The minimum absolute atomic E-state index is 0.322. The number of hydrogen-bond acceptors (Lipinski definition) is 3. The number of aromatic nitrogens is 2. The van der Waals surface area contributed by atoms with Crippen LogP contribution in [0.4, 0.5) is 5.82 Å². The highest BCUT2D eigenvalue weighted by molar-refractivity contribution is 5.52. The van der Waals surface area contributed by atoms with Crippen LogP contribution in [0.5, 0.6) is 0 Å². The Morgan fingerprint density at radius 1 is 1.35 bits per heavy atom. The van der Waals surface area contributed by atoms with E-state index in [2.05, 4.69) is 28.9 Å². The third-order valence-corrected chi connectivity index (χ3v) is 4.56. The number of aromatic amines is 1. The van der Waals surface area contributed by atoms with Gasteiger partial charge in [0, 0.05) is 36.3 Å². The van der Waals surface area contributed by atoms with Crippen molar-refractivity contribution in [2.75, 3.05) is 18.0 Å². The molecule has 1 aliphatic heterocycles. The lowest BCUT2D eigenvalue weighted by atomic mass is 9.80. The Labute approximate surface area is 103 Å². The second-order valence-electron chi connectivity index (χ2n) is 5.74. The van der Waals surface area contributed by atoms with Gasteiger partial charge >= 0.3 is 0 Å². The molecule has 0 spiro atoms. The topological polar surface area (TPSA) is 57.9 Å². The zero-order valence-corrected chi connectivity index (χ0v) is 10.7. The van der Waals surface area contributed by atoms with Gasteiger partial charge in [0.1, 0.15) is 0 Å². The number of nitrogens with one attached hydrogen (secondary N) is 1. The van der Waals surface area contributed by atoms with Crippen LogP contribution in [-0.4, -0.2) is 29.3 Å². The smallest absolute Gasteiger partial charge is 0.153 e. The van der Waals surface area contributed by atoms with Crippen LogP contribution in [0.1, 0.15) is 43.9 Å². The van der Waals surface area contributed by atoms with Crippen LogP contribution in [0.2, 0.25) is 0 Å². The van der Waals surface area contributed by atoms with Crippen LogP contribution < -0.4 is 10.6 Å². The molecule has 4 heteroatoms. The molecule has 0 amide bonds. The monoisotopic (exact) mass is 234 g/mol. The van der Waals surface area contributed by atoms with E-state index in [4.69, 9.17) is 5.73 Å². The summed E-state index contributed by atoms with van der Waals surface area (Å²) >= 11 is 0. The fourth-order valence-corrected chi connectivity index (χ4v) is 3.14. The van der Waals surface area contributed by atoms with Gasteiger partial charge < -0.3 is 10.6 Å². The van der Waals surface area contributed by atoms with Gasteiger partial charge in [0.05, 0.1) is 0 Å². The number of H-pyrrole nitrogens is 1. The maximum Gasteiger partial charge on any atom is 0.153 e. The van der Waals surface area contributed by atoms with Gasteiger partial charge in [-0.15, -0.1) is 0 Å². The molecule has 0 radical (unpaired) electrons. The van der Waals surface area contributed by atoms with E-state index in [9.17, 15) is 0 Å². The molecule has 1 aromatic rings. The van der Waals surface area contributed by atoms with E-state index in [1.807, 2.05) is 0 Å². The lowest BCUT2D eigenvalue weighted by Gasteiger charge is -2.26. The zero-order chi connectivity index (χ0) is 12.0. The summed E-state index contributed by atoms with van der Waals surface area (Å²) in [6, 6.07) is 0.322. The van der Waals surface area contributed by atoms with Crippen LogP contribution in [0.15, 0.2) is 0 Å². The normalized spacial score (nSPS) is 32.9. The highest BCUT2D eigenvalue weighted by atomic mass is 15.3. The van der Waals surface area contributed by atoms with Crippen molar-refractivity contribution in [3.8, 4) is 0 Å². The molecule has 3 unspecified atom stereocenters. The Balaban J connectivity index is 1.90. The Hall–Kier alpha value is -1.03. The van der Waals surface area contributed by atoms with E-state index >= 15 is 0 Å². The molecule has 0 aromatic carbocycles. The first-order valence-electron chi connectivity index (χ1n) is 6.74. The maximum absolute atomic E-state index is 5.98. The standard InChI is InChI=1S/C13H22N4/c1-8-3-4-11-12(9(8)2)15-16-13(11)17-6-5-10(14)7-17/h8-10H,3-7,14H2,1-2H3,(H,15,16). The van der Waals surface area contributed by atoms with E-state index in [1.165, 1.54) is 29.9 Å². The van der Waals surface area contributed by atoms with E-state index in [0.29, 0.717) is 12.0 Å². The van der Waals surface area contributed by atoms with Crippen LogP contribution in [-0.2, 0) is 6.42 Å². The van der Waals surface area contributed by atoms with Crippen LogP contribution >= 0.6 is 0 Å². The summed E-state index contributed by atoms with van der Waals surface area (Å²) in [5, 5.41) is 7.81. The largest absolute Gasteiger partial charge is 0.353 e. The lowest BCUT2D eigenvalue weighted by molar-refractivity contribution is 0.419. The van der Waals surface area contributed by atoms with Crippen molar-refractivity contribution < 1.29 is 0 Å². The molecule has 3 N–H and O–H groups in total. The van der Waals surface area contributed by atoms with Gasteiger partial charge in [-0.3, -0.25) is 5.10 Å². The second-order valence-corrected chi connectivity index (χ2v) is 5.74. The first-order valence-corrected chi connectivity index (χ1v) is 6.74. The molecule has 3 rings (SSSR count). The Kier molecular flexibility index (Phi) is 2.62.